The zero-order chi connectivity index (χ0) is 18.2. The molecular weight excluding hydrogens is 356 g/mol. The fraction of sp³-hybridized carbons (Fsp3) is 0.286. The summed E-state index contributed by atoms with van der Waals surface area (Å²) in [5.41, 5.74) is 7.56. The topological polar surface area (TPSA) is 57.6 Å². The van der Waals surface area contributed by atoms with Gasteiger partial charge in [-0.2, -0.15) is 5.10 Å². The Kier molecular flexibility index (Phi) is 4.13. The maximum atomic E-state index is 12.7. The molecule has 6 heteroatoms. The molecule has 1 saturated heterocycles. The van der Waals surface area contributed by atoms with Crippen LogP contribution in [0.1, 0.15) is 35.2 Å². The lowest BCUT2D eigenvalue weighted by Gasteiger charge is -2.29. The van der Waals surface area contributed by atoms with E-state index < -0.39 is 0 Å². The number of Topliss-reactive ketones (excluding diaryl/α,β-unsaturated/α-hetero) is 1. The number of hydrazone groups is 1. The minimum Gasteiger partial charge on any atom is -0.372 e. The lowest BCUT2D eigenvalue weighted by atomic mass is 10.1. The number of thiazole rings is 1. The highest BCUT2D eigenvalue weighted by Crippen LogP contribution is 2.29. The van der Waals surface area contributed by atoms with E-state index in [1.54, 1.807) is 0 Å². The number of carbonyl (C=O) groups is 1. The number of fused-ring (bicyclic) bond motifs is 2. The molecule has 0 saturated carbocycles. The second-order valence-electron chi connectivity index (χ2n) is 7.05. The summed E-state index contributed by atoms with van der Waals surface area (Å²) in [6, 6.07) is 14.2. The van der Waals surface area contributed by atoms with Crippen LogP contribution in [0.25, 0.3) is 10.2 Å². The fourth-order valence-corrected chi connectivity index (χ4v) is 4.65. The first-order valence-corrected chi connectivity index (χ1v) is 10.2. The summed E-state index contributed by atoms with van der Waals surface area (Å²) in [6.45, 7) is 2.21. The van der Waals surface area contributed by atoms with E-state index in [1.807, 2.05) is 30.3 Å². The monoisotopic (exact) mass is 376 g/mol. The van der Waals surface area contributed by atoms with E-state index >= 15 is 0 Å². The predicted molar refractivity (Wildman–Crippen MR) is 111 cm³/mol. The van der Waals surface area contributed by atoms with Crippen LogP contribution in [0.15, 0.2) is 47.6 Å². The summed E-state index contributed by atoms with van der Waals surface area (Å²) in [5, 5.41) is 5.09. The van der Waals surface area contributed by atoms with Crippen molar-refractivity contribution in [2.24, 2.45) is 5.10 Å². The standard InChI is InChI=1S/C21H20N4OS/c26-20-16-9-8-15(25-10-4-1-5-11-25)12-14(16)13-18(20)23-24-21-22-17-6-2-3-7-19(17)27-21/h2-3,6-9,12H,1,4-5,10-11,13H2,(H,22,24)/b23-18-. The molecule has 2 aliphatic rings. The SMILES string of the molecule is O=C1/C(=N\Nc2nc3ccccc3s2)Cc2cc(N3CCCCC3)ccc21. The summed E-state index contributed by atoms with van der Waals surface area (Å²) in [7, 11) is 0. The van der Waals surface area contributed by atoms with E-state index in [0.29, 0.717) is 17.3 Å². The van der Waals surface area contributed by atoms with E-state index in [2.05, 4.69) is 32.5 Å². The van der Waals surface area contributed by atoms with Crippen molar-refractivity contribution in [3.05, 3.63) is 53.6 Å². The van der Waals surface area contributed by atoms with Crippen LogP contribution in [0.3, 0.4) is 0 Å². The summed E-state index contributed by atoms with van der Waals surface area (Å²) >= 11 is 1.54. The molecule has 3 aromatic rings. The number of nitrogens with one attached hydrogen (secondary N) is 1. The van der Waals surface area contributed by atoms with Crippen molar-refractivity contribution in [2.75, 3.05) is 23.4 Å². The van der Waals surface area contributed by atoms with Crippen LogP contribution in [0.2, 0.25) is 0 Å². The maximum Gasteiger partial charge on any atom is 0.209 e. The zero-order valence-electron chi connectivity index (χ0n) is 14.9. The number of hydrogen-bond acceptors (Lipinski definition) is 6. The molecule has 1 N–H and O–H groups in total. The van der Waals surface area contributed by atoms with Crippen molar-refractivity contribution in [2.45, 2.75) is 25.7 Å². The molecule has 5 rings (SSSR count). The second-order valence-corrected chi connectivity index (χ2v) is 8.08. The Morgan fingerprint density at radius 3 is 2.78 bits per heavy atom. The van der Waals surface area contributed by atoms with Gasteiger partial charge in [0.1, 0.15) is 5.71 Å². The van der Waals surface area contributed by atoms with Gasteiger partial charge in [-0.05, 0) is 55.2 Å². The van der Waals surface area contributed by atoms with Gasteiger partial charge in [0.05, 0.1) is 10.2 Å². The summed E-state index contributed by atoms with van der Waals surface area (Å²) in [4.78, 5) is 19.6. The predicted octanol–water partition coefficient (Wildman–Crippen LogP) is 4.49. The van der Waals surface area contributed by atoms with E-state index in [-0.39, 0.29) is 5.78 Å². The quantitative estimate of drug-likeness (QED) is 0.684. The van der Waals surface area contributed by atoms with Crippen LogP contribution >= 0.6 is 11.3 Å². The van der Waals surface area contributed by atoms with Crippen LogP contribution in [0, 0.1) is 0 Å². The summed E-state index contributed by atoms with van der Waals surface area (Å²) < 4.78 is 1.10. The number of hydrogen-bond donors (Lipinski definition) is 1. The van der Waals surface area contributed by atoms with Gasteiger partial charge >= 0.3 is 0 Å². The number of rotatable bonds is 3. The van der Waals surface area contributed by atoms with Gasteiger partial charge in [-0.25, -0.2) is 4.98 Å². The highest BCUT2D eigenvalue weighted by atomic mass is 32.1. The summed E-state index contributed by atoms with van der Waals surface area (Å²) in [5.74, 6) is 0.0174. The highest BCUT2D eigenvalue weighted by molar-refractivity contribution is 7.22. The molecule has 5 nitrogen and oxygen atoms in total. The minimum absolute atomic E-state index is 0.0174. The van der Waals surface area contributed by atoms with Gasteiger partial charge in [0.25, 0.3) is 0 Å². The summed E-state index contributed by atoms with van der Waals surface area (Å²) in [6.07, 6.45) is 4.38. The first-order valence-electron chi connectivity index (χ1n) is 9.39. The smallest absolute Gasteiger partial charge is 0.209 e. The third kappa shape index (κ3) is 3.10. The van der Waals surface area contributed by atoms with E-state index in [9.17, 15) is 4.79 Å². The molecule has 136 valence electrons. The number of anilines is 2. The Labute approximate surface area is 161 Å². The average molecular weight is 376 g/mol. The lowest BCUT2D eigenvalue weighted by molar-refractivity contribution is 0.106. The first kappa shape index (κ1) is 16.4. The highest BCUT2D eigenvalue weighted by Gasteiger charge is 2.27. The van der Waals surface area contributed by atoms with Crippen molar-refractivity contribution in [3.8, 4) is 0 Å². The first-order chi connectivity index (χ1) is 13.3. The fourth-order valence-electron chi connectivity index (χ4n) is 3.84. The molecule has 1 aliphatic heterocycles. The Morgan fingerprint density at radius 2 is 1.93 bits per heavy atom. The van der Waals surface area contributed by atoms with Crippen LogP contribution in [0.4, 0.5) is 10.8 Å². The Morgan fingerprint density at radius 1 is 1.07 bits per heavy atom. The lowest BCUT2D eigenvalue weighted by Crippen LogP contribution is -2.29. The van der Waals surface area contributed by atoms with Gasteiger partial charge in [0.2, 0.25) is 10.9 Å². The second kappa shape index (κ2) is 6.78. The number of carbonyl (C=O) groups excluding carboxylic acids is 1. The number of para-hydroxylation sites is 1. The molecule has 2 aromatic carbocycles. The molecule has 2 heterocycles. The minimum atomic E-state index is 0.0174. The number of piperidine rings is 1. The molecule has 0 amide bonds. The van der Waals surface area contributed by atoms with Gasteiger partial charge in [0.15, 0.2) is 0 Å². The molecule has 1 aromatic heterocycles. The largest absolute Gasteiger partial charge is 0.372 e. The van der Waals surface area contributed by atoms with Crippen molar-refractivity contribution in [1.82, 2.24) is 4.98 Å². The van der Waals surface area contributed by atoms with E-state index in [0.717, 1.165) is 34.4 Å². The van der Waals surface area contributed by atoms with Crippen molar-refractivity contribution >= 4 is 43.9 Å². The third-order valence-electron chi connectivity index (χ3n) is 5.26. The van der Waals surface area contributed by atoms with Crippen molar-refractivity contribution in [3.63, 3.8) is 0 Å². The average Bonchev–Trinajstić information content (AvgIpc) is 3.27. The molecule has 1 aliphatic carbocycles. The van der Waals surface area contributed by atoms with Crippen LogP contribution < -0.4 is 10.3 Å². The van der Waals surface area contributed by atoms with E-state index in [1.165, 1.54) is 36.3 Å². The molecule has 0 unspecified atom stereocenters. The zero-order valence-corrected chi connectivity index (χ0v) is 15.8. The van der Waals surface area contributed by atoms with Crippen LogP contribution in [-0.4, -0.2) is 29.6 Å². The van der Waals surface area contributed by atoms with Crippen LogP contribution in [-0.2, 0) is 6.42 Å². The maximum absolute atomic E-state index is 12.7. The molecule has 0 radical (unpaired) electrons. The molecule has 27 heavy (non-hydrogen) atoms. The molecule has 1 fully saturated rings. The van der Waals surface area contributed by atoms with Gasteiger partial charge < -0.3 is 4.90 Å². The molecule has 0 atom stereocenters. The Hall–Kier alpha value is -2.73. The Balaban J connectivity index is 1.36. The molecular formula is C21H20N4OS. The van der Waals surface area contributed by atoms with Crippen molar-refractivity contribution < 1.29 is 4.79 Å². The third-order valence-corrected chi connectivity index (χ3v) is 6.20. The van der Waals surface area contributed by atoms with Gasteiger partial charge in [-0.1, -0.05) is 23.5 Å². The normalized spacial score (nSPS) is 18.3. The van der Waals surface area contributed by atoms with Gasteiger partial charge in [-0.15, -0.1) is 0 Å². The number of ketones is 1. The number of nitrogens with zero attached hydrogens (tertiary/aromatic N) is 3. The Bertz CT molecular complexity index is 1020. The van der Waals surface area contributed by atoms with Crippen LogP contribution in [0.5, 0.6) is 0 Å². The molecule has 0 bridgehead atoms. The van der Waals surface area contributed by atoms with Gasteiger partial charge in [-0.3, -0.25) is 10.2 Å². The van der Waals surface area contributed by atoms with Crippen molar-refractivity contribution in [1.29, 1.82) is 0 Å². The number of aromatic nitrogens is 1. The van der Waals surface area contributed by atoms with E-state index in [4.69, 9.17) is 0 Å². The number of benzene rings is 2. The molecule has 0 spiro atoms. The van der Waals surface area contributed by atoms with Gasteiger partial charge in [0, 0.05) is 30.8 Å².